The van der Waals surface area contributed by atoms with Gasteiger partial charge in [0.25, 0.3) is 0 Å². The Hall–Kier alpha value is -1.75. The van der Waals surface area contributed by atoms with Gasteiger partial charge in [-0.05, 0) is 37.5 Å². The highest BCUT2D eigenvalue weighted by atomic mass is 32.1. The van der Waals surface area contributed by atoms with E-state index in [4.69, 9.17) is 4.74 Å². The number of ether oxygens (including phenoxy) is 1. The van der Waals surface area contributed by atoms with E-state index in [9.17, 15) is 4.79 Å². The summed E-state index contributed by atoms with van der Waals surface area (Å²) in [7, 11) is 0. The molecule has 0 N–H and O–H groups in total. The summed E-state index contributed by atoms with van der Waals surface area (Å²) in [6.07, 6.45) is 0. The van der Waals surface area contributed by atoms with Crippen molar-refractivity contribution in [2.24, 2.45) is 0 Å². The van der Waals surface area contributed by atoms with Crippen LogP contribution in [0.5, 0.6) is 0 Å². The molecule has 0 spiro atoms. The summed E-state index contributed by atoms with van der Waals surface area (Å²) in [5.41, 5.74) is 2.89. The molecule has 0 aromatic carbocycles. The molecule has 0 bridgehead atoms. The maximum Gasteiger partial charge on any atom is 0.341 e. The average molecular weight is 248 g/mol. The van der Waals surface area contributed by atoms with Crippen molar-refractivity contribution in [1.29, 1.82) is 0 Å². The smallest absolute Gasteiger partial charge is 0.341 e. The number of pyridine rings is 1. The van der Waals surface area contributed by atoms with Gasteiger partial charge < -0.3 is 4.74 Å². The van der Waals surface area contributed by atoms with Crippen molar-refractivity contribution in [1.82, 2.24) is 9.36 Å². The summed E-state index contributed by atoms with van der Waals surface area (Å²) in [6.45, 7) is 3.88. The number of nitrogens with zero attached hydrogens (tertiary/aromatic N) is 2. The predicted molar refractivity (Wildman–Crippen MR) is 64.9 cm³/mol. The van der Waals surface area contributed by atoms with E-state index in [0.29, 0.717) is 11.3 Å². The van der Waals surface area contributed by atoms with Gasteiger partial charge in [0.1, 0.15) is 6.61 Å². The first-order valence-electron chi connectivity index (χ1n) is 5.17. The fraction of sp³-hybridized carbons (Fsp3) is 0.250. The molecule has 0 radical (unpaired) electrons. The number of hydrogen-bond donors (Lipinski definition) is 0. The molecule has 0 aliphatic rings. The molecule has 2 rings (SSSR count). The molecule has 2 heterocycles. The second-order valence-electron chi connectivity index (χ2n) is 3.66. The Labute approximate surface area is 103 Å². The molecule has 0 atom stereocenters. The normalized spacial score (nSPS) is 10.2. The number of aromatic nitrogens is 2. The molecule has 17 heavy (non-hydrogen) atoms. The molecule has 0 fully saturated rings. The van der Waals surface area contributed by atoms with Crippen molar-refractivity contribution in [3.63, 3.8) is 0 Å². The van der Waals surface area contributed by atoms with Crippen LogP contribution in [0.25, 0.3) is 0 Å². The SMILES string of the molecule is Cc1cccc(COC(=O)c2csnc2C)n1. The Balaban J connectivity index is 1.99. The van der Waals surface area contributed by atoms with Crippen LogP contribution in [0.1, 0.15) is 27.4 Å². The Morgan fingerprint density at radius 1 is 1.41 bits per heavy atom. The van der Waals surface area contributed by atoms with E-state index >= 15 is 0 Å². The maximum absolute atomic E-state index is 11.7. The van der Waals surface area contributed by atoms with Gasteiger partial charge in [-0.1, -0.05) is 6.07 Å². The van der Waals surface area contributed by atoms with Crippen LogP contribution in [0.4, 0.5) is 0 Å². The van der Waals surface area contributed by atoms with Crippen molar-refractivity contribution < 1.29 is 9.53 Å². The third kappa shape index (κ3) is 2.88. The van der Waals surface area contributed by atoms with Crippen molar-refractivity contribution >= 4 is 17.5 Å². The number of aryl methyl sites for hydroxylation is 2. The number of rotatable bonds is 3. The zero-order valence-corrected chi connectivity index (χ0v) is 10.5. The average Bonchev–Trinajstić information content (AvgIpc) is 2.72. The minimum absolute atomic E-state index is 0.190. The van der Waals surface area contributed by atoms with Crippen molar-refractivity contribution in [2.75, 3.05) is 0 Å². The fourth-order valence-electron chi connectivity index (χ4n) is 1.39. The molecule has 0 aliphatic carbocycles. The van der Waals surface area contributed by atoms with Crippen molar-refractivity contribution in [2.45, 2.75) is 20.5 Å². The minimum Gasteiger partial charge on any atom is -0.456 e. The van der Waals surface area contributed by atoms with Gasteiger partial charge in [-0.25, -0.2) is 4.79 Å². The van der Waals surface area contributed by atoms with Gasteiger partial charge in [0, 0.05) is 11.1 Å². The van der Waals surface area contributed by atoms with Crippen LogP contribution < -0.4 is 0 Å². The van der Waals surface area contributed by atoms with Crippen LogP contribution >= 0.6 is 11.5 Å². The molecule has 4 nitrogen and oxygen atoms in total. The zero-order valence-electron chi connectivity index (χ0n) is 9.64. The summed E-state index contributed by atoms with van der Waals surface area (Å²) in [6, 6.07) is 5.63. The van der Waals surface area contributed by atoms with Gasteiger partial charge in [-0.3, -0.25) is 4.98 Å². The van der Waals surface area contributed by atoms with Gasteiger partial charge in [-0.2, -0.15) is 4.37 Å². The highest BCUT2D eigenvalue weighted by Crippen LogP contribution is 2.11. The van der Waals surface area contributed by atoms with Crippen LogP contribution in [-0.4, -0.2) is 15.3 Å². The number of esters is 1. The summed E-state index contributed by atoms with van der Waals surface area (Å²) in [5.74, 6) is -0.348. The van der Waals surface area contributed by atoms with E-state index in [1.165, 1.54) is 11.5 Å². The second-order valence-corrected chi connectivity index (χ2v) is 4.29. The summed E-state index contributed by atoms with van der Waals surface area (Å²) in [4.78, 5) is 16.0. The molecule has 0 saturated heterocycles. The molecular weight excluding hydrogens is 236 g/mol. The molecule has 2 aromatic rings. The first kappa shape index (κ1) is 11.7. The van der Waals surface area contributed by atoms with Crippen LogP contribution in [0.2, 0.25) is 0 Å². The standard InChI is InChI=1S/C12H12N2O2S/c1-8-4-3-5-10(13-8)6-16-12(15)11-7-17-14-9(11)2/h3-5,7H,6H2,1-2H3. The third-order valence-electron chi connectivity index (χ3n) is 2.27. The molecule has 2 aromatic heterocycles. The monoisotopic (exact) mass is 248 g/mol. The van der Waals surface area contributed by atoms with Crippen LogP contribution in [0.3, 0.4) is 0 Å². The quantitative estimate of drug-likeness (QED) is 0.783. The second kappa shape index (κ2) is 5.05. The topological polar surface area (TPSA) is 52.1 Å². The van der Waals surface area contributed by atoms with Crippen molar-refractivity contribution in [3.05, 3.63) is 46.2 Å². The summed E-state index contributed by atoms with van der Waals surface area (Å²) in [5, 5.41) is 1.70. The molecular formula is C12H12N2O2S. The van der Waals surface area contributed by atoms with E-state index in [1.54, 1.807) is 12.3 Å². The minimum atomic E-state index is -0.348. The molecule has 0 unspecified atom stereocenters. The Bertz CT molecular complexity index is 537. The van der Waals surface area contributed by atoms with E-state index in [0.717, 1.165) is 11.4 Å². The lowest BCUT2D eigenvalue weighted by Crippen LogP contribution is -2.06. The van der Waals surface area contributed by atoms with Gasteiger partial charge >= 0.3 is 5.97 Å². The summed E-state index contributed by atoms with van der Waals surface area (Å²) < 4.78 is 9.21. The van der Waals surface area contributed by atoms with Gasteiger partial charge in [0.15, 0.2) is 0 Å². The third-order valence-corrected chi connectivity index (χ3v) is 2.99. The molecule has 5 heteroatoms. The summed E-state index contributed by atoms with van der Waals surface area (Å²) >= 11 is 1.25. The lowest BCUT2D eigenvalue weighted by Gasteiger charge is -2.04. The molecule has 0 amide bonds. The highest BCUT2D eigenvalue weighted by Gasteiger charge is 2.12. The zero-order chi connectivity index (χ0) is 12.3. The van der Waals surface area contributed by atoms with Gasteiger partial charge in [0.2, 0.25) is 0 Å². The first-order chi connectivity index (χ1) is 8.16. The largest absolute Gasteiger partial charge is 0.456 e. The Morgan fingerprint density at radius 3 is 2.88 bits per heavy atom. The lowest BCUT2D eigenvalue weighted by atomic mass is 10.3. The molecule has 0 saturated carbocycles. The number of hydrogen-bond acceptors (Lipinski definition) is 5. The van der Waals surface area contributed by atoms with Crippen LogP contribution in [-0.2, 0) is 11.3 Å². The maximum atomic E-state index is 11.7. The van der Waals surface area contributed by atoms with Crippen LogP contribution in [0, 0.1) is 13.8 Å². The first-order valence-corrected chi connectivity index (χ1v) is 6.01. The lowest BCUT2D eigenvalue weighted by molar-refractivity contribution is 0.0467. The Kier molecular flexibility index (Phi) is 3.49. The number of carbonyl (C=O) groups is 1. The van der Waals surface area contributed by atoms with Crippen molar-refractivity contribution in [3.8, 4) is 0 Å². The molecule has 88 valence electrons. The predicted octanol–water partition coefficient (Wildman–Crippen LogP) is 2.51. The number of carbonyl (C=O) groups excluding carboxylic acids is 1. The van der Waals surface area contributed by atoms with Gasteiger partial charge in [-0.15, -0.1) is 0 Å². The van der Waals surface area contributed by atoms with E-state index in [2.05, 4.69) is 9.36 Å². The highest BCUT2D eigenvalue weighted by molar-refractivity contribution is 7.03. The Morgan fingerprint density at radius 2 is 2.24 bits per heavy atom. The van der Waals surface area contributed by atoms with E-state index in [-0.39, 0.29) is 12.6 Å². The van der Waals surface area contributed by atoms with Gasteiger partial charge in [0.05, 0.1) is 17.0 Å². The van der Waals surface area contributed by atoms with E-state index in [1.807, 2.05) is 25.1 Å². The molecule has 0 aliphatic heterocycles. The fourth-order valence-corrected chi connectivity index (χ4v) is 2.07. The van der Waals surface area contributed by atoms with Crippen LogP contribution in [0.15, 0.2) is 23.6 Å². The van der Waals surface area contributed by atoms with E-state index < -0.39 is 0 Å².